The number of halogens is 2. The number of carbonyl (C=O) groups excluding carboxylic acids is 1. The Bertz CT molecular complexity index is 1330. The third-order valence-corrected chi connectivity index (χ3v) is 8.33. The minimum Gasteiger partial charge on any atom is -0.493 e. The van der Waals surface area contributed by atoms with E-state index in [1.807, 2.05) is 48.5 Å². The summed E-state index contributed by atoms with van der Waals surface area (Å²) in [5.74, 6) is 0.558. The lowest BCUT2D eigenvalue weighted by Crippen LogP contribution is -2.30. The highest BCUT2D eigenvalue weighted by Crippen LogP contribution is 2.33. The number of ether oxygens (including phenoxy) is 2. The number of sulfonamides is 1. The molecule has 0 saturated heterocycles. The largest absolute Gasteiger partial charge is 0.493 e. The lowest BCUT2D eigenvalue weighted by atomic mass is 9.91. The smallest absolute Gasteiger partial charge is 0.252 e. The Kier molecular flexibility index (Phi) is 9.24. The molecule has 0 unspecified atom stereocenters. The van der Waals surface area contributed by atoms with E-state index < -0.39 is 15.9 Å². The molecule has 3 aromatic rings. The Morgan fingerprint density at radius 1 is 0.944 bits per heavy atom. The molecule has 1 atom stereocenters. The van der Waals surface area contributed by atoms with Crippen LogP contribution in [0.5, 0.6) is 11.5 Å². The van der Waals surface area contributed by atoms with E-state index in [0.29, 0.717) is 17.9 Å². The van der Waals surface area contributed by atoms with Crippen molar-refractivity contribution >= 4 is 39.1 Å². The molecule has 3 aromatic carbocycles. The molecule has 0 saturated carbocycles. The van der Waals surface area contributed by atoms with Crippen molar-refractivity contribution < 1.29 is 22.7 Å². The van der Waals surface area contributed by atoms with Crippen LogP contribution in [0.1, 0.15) is 27.4 Å². The number of methoxy groups -OCH3 is 2. The summed E-state index contributed by atoms with van der Waals surface area (Å²) in [6.07, 6.45) is 0.644. The van der Waals surface area contributed by atoms with E-state index in [4.69, 9.17) is 32.7 Å². The third-order valence-electron chi connectivity index (χ3n) is 5.74. The van der Waals surface area contributed by atoms with Crippen molar-refractivity contribution in [1.29, 1.82) is 0 Å². The normalized spacial score (nSPS) is 12.3. The van der Waals surface area contributed by atoms with Crippen LogP contribution in [0.25, 0.3) is 0 Å². The van der Waals surface area contributed by atoms with Crippen molar-refractivity contribution in [2.75, 3.05) is 34.9 Å². The van der Waals surface area contributed by atoms with Gasteiger partial charge in [-0.25, -0.2) is 12.7 Å². The molecule has 0 aromatic heterocycles. The molecule has 1 amide bonds. The molecule has 10 heteroatoms. The fourth-order valence-corrected chi connectivity index (χ4v) is 5.45. The molecule has 0 bridgehead atoms. The van der Waals surface area contributed by atoms with Gasteiger partial charge in [-0.1, -0.05) is 59.6 Å². The summed E-state index contributed by atoms with van der Waals surface area (Å²) in [5, 5.41) is 2.90. The van der Waals surface area contributed by atoms with Crippen LogP contribution in [0, 0.1) is 0 Å². The Morgan fingerprint density at radius 2 is 1.61 bits per heavy atom. The third kappa shape index (κ3) is 6.31. The van der Waals surface area contributed by atoms with Crippen LogP contribution >= 0.6 is 23.2 Å². The molecule has 7 nitrogen and oxygen atoms in total. The van der Waals surface area contributed by atoms with Crippen molar-refractivity contribution in [3.8, 4) is 11.5 Å². The highest BCUT2D eigenvalue weighted by Gasteiger charge is 2.25. The number of hydrogen-bond donors (Lipinski definition) is 1. The maximum atomic E-state index is 13.1. The van der Waals surface area contributed by atoms with Crippen LogP contribution in [0.2, 0.25) is 10.0 Å². The summed E-state index contributed by atoms with van der Waals surface area (Å²) in [7, 11) is 2.04. The molecule has 0 spiro atoms. The summed E-state index contributed by atoms with van der Waals surface area (Å²) >= 11 is 12.4. The summed E-state index contributed by atoms with van der Waals surface area (Å²) in [4.78, 5) is 13.0. The van der Waals surface area contributed by atoms with E-state index in [2.05, 4.69) is 5.32 Å². The van der Waals surface area contributed by atoms with Crippen molar-refractivity contribution in [3.05, 3.63) is 87.4 Å². The minimum atomic E-state index is -3.87. The van der Waals surface area contributed by atoms with Crippen molar-refractivity contribution in [2.24, 2.45) is 0 Å². The first-order valence-electron chi connectivity index (χ1n) is 11.0. The minimum absolute atomic E-state index is 0.0206. The molecular weight excluding hydrogens is 523 g/mol. The van der Waals surface area contributed by atoms with Gasteiger partial charge in [0.15, 0.2) is 11.5 Å². The Labute approximate surface area is 222 Å². The van der Waals surface area contributed by atoms with Crippen LogP contribution < -0.4 is 14.8 Å². The zero-order chi connectivity index (χ0) is 26.5. The quantitative estimate of drug-likeness (QED) is 0.383. The first-order valence-corrected chi connectivity index (χ1v) is 13.2. The van der Waals surface area contributed by atoms with Gasteiger partial charge in [-0.15, -0.1) is 0 Å². The molecule has 0 heterocycles. The van der Waals surface area contributed by atoms with E-state index in [1.165, 1.54) is 26.2 Å². The molecule has 192 valence electrons. The average Bonchev–Trinajstić information content (AvgIpc) is 2.86. The summed E-state index contributed by atoms with van der Waals surface area (Å²) in [6, 6.07) is 18.0. The van der Waals surface area contributed by atoms with Crippen molar-refractivity contribution in [3.63, 3.8) is 0 Å². The van der Waals surface area contributed by atoms with E-state index in [-0.39, 0.29) is 33.0 Å². The van der Waals surface area contributed by atoms with E-state index in [0.717, 1.165) is 15.4 Å². The van der Waals surface area contributed by atoms with Crippen LogP contribution in [-0.2, 0) is 16.4 Å². The number of nitrogens with one attached hydrogen (secondary N) is 1. The van der Waals surface area contributed by atoms with Gasteiger partial charge in [0.1, 0.15) is 4.90 Å². The van der Waals surface area contributed by atoms with Gasteiger partial charge in [-0.2, -0.15) is 0 Å². The molecule has 0 aliphatic heterocycles. The molecular formula is C26H28Cl2N2O5S. The maximum Gasteiger partial charge on any atom is 0.252 e. The van der Waals surface area contributed by atoms with Gasteiger partial charge >= 0.3 is 0 Å². The second-order valence-corrected chi connectivity index (χ2v) is 11.2. The van der Waals surface area contributed by atoms with Crippen molar-refractivity contribution in [1.82, 2.24) is 9.62 Å². The number of nitrogens with zero attached hydrogens (tertiary/aromatic N) is 1. The SMILES string of the molecule is COc1ccc([C@@H](CNC(=O)c2cc(S(=O)(=O)N(C)C)c(Cl)cc2Cl)Cc2ccccc2)cc1OC. The molecule has 0 radical (unpaired) electrons. The standard InChI is InChI=1S/C26H28Cl2N2O5S/c1-30(2)36(32,33)25-14-20(21(27)15-22(25)28)26(31)29-16-19(12-17-8-6-5-7-9-17)18-10-11-23(34-3)24(13-18)35-4/h5-11,13-15,19H,12,16H2,1-4H3,(H,29,31)/t19-/m1/s1. The lowest BCUT2D eigenvalue weighted by Gasteiger charge is -2.20. The fraction of sp³-hybridized carbons (Fsp3) is 0.269. The molecule has 1 N–H and O–H groups in total. The zero-order valence-electron chi connectivity index (χ0n) is 20.4. The molecule has 0 fully saturated rings. The van der Waals surface area contributed by atoms with Crippen LogP contribution in [-0.4, -0.2) is 53.5 Å². The number of carbonyl (C=O) groups is 1. The molecule has 3 rings (SSSR count). The monoisotopic (exact) mass is 550 g/mol. The summed E-state index contributed by atoms with van der Waals surface area (Å²) in [5.41, 5.74) is 2.05. The van der Waals surface area contributed by atoms with Gasteiger partial charge in [-0.3, -0.25) is 4.79 Å². The molecule has 0 aliphatic rings. The Hall–Kier alpha value is -2.78. The predicted molar refractivity (Wildman–Crippen MR) is 142 cm³/mol. The van der Waals surface area contributed by atoms with E-state index in [1.54, 1.807) is 14.2 Å². The number of rotatable bonds is 10. The first-order chi connectivity index (χ1) is 17.1. The predicted octanol–water partition coefficient (Wildman–Crippen LogP) is 5.02. The van der Waals surface area contributed by atoms with Crippen molar-refractivity contribution in [2.45, 2.75) is 17.2 Å². The maximum absolute atomic E-state index is 13.1. The second-order valence-electron chi connectivity index (χ2n) is 8.26. The summed E-state index contributed by atoms with van der Waals surface area (Å²) in [6.45, 7) is 0.262. The van der Waals surface area contributed by atoms with Crippen LogP contribution in [0.3, 0.4) is 0 Å². The van der Waals surface area contributed by atoms with Gasteiger partial charge < -0.3 is 14.8 Å². The van der Waals surface area contributed by atoms with Crippen LogP contribution in [0.4, 0.5) is 0 Å². The average molecular weight is 551 g/mol. The topological polar surface area (TPSA) is 84.9 Å². The first kappa shape index (κ1) is 27.8. The number of benzene rings is 3. The van der Waals surface area contributed by atoms with Gasteiger partial charge in [0.25, 0.3) is 5.91 Å². The van der Waals surface area contributed by atoms with Gasteiger partial charge in [-0.05, 0) is 41.8 Å². The number of amides is 1. The zero-order valence-corrected chi connectivity index (χ0v) is 22.7. The van der Waals surface area contributed by atoms with Gasteiger partial charge in [0.05, 0.1) is 29.8 Å². The van der Waals surface area contributed by atoms with Gasteiger partial charge in [0, 0.05) is 26.6 Å². The second kappa shape index (κ2) is 12.0. The van der Waals surface area contributed by atoms with E-state index >= 15 is 0 Å². The lowest BCUT2D eigenvalue weighted by molar-refractivity contribution is 0.0951. The van der Waals surface area contributed by atoms with Gasteiger partial charge in [0.2, 0.25) is 10.0 Å². The molecule has 36 heavy (non-hydrogen) atoms. The van der Waals surface area contributed by atoms with E-state index in [9.17, 15) is 13.2 Å². The highest BCUT2D eigenvalue weighted by molar-refractivity contribution is 7.89. The highest BCUT2D eigenvalue weighted by atomic mass is 35.5. The Morgan fingerprint density at radius 3 is 2.22 bits per heavy atom. The van der Waals surface area contributed by atoms with Crippen LogP contribution in [0.15, 0.2) is 65.6 Å². The summed E-state index contributed by atoms with van der Waals surface area (Å²) < 4.78 is 37.1. The molecule has 0 aliphatic carbocycles. The Balaban J connectivity index is 1.91. The fourth-order valence-electron chi connectivity index (χ4n) is 3.72. The number of hydrogen-bond acceptors (Lipinski definition) is 5.